The lowest BCUT2D eigenvalue weighted by Crippen LogP contribution is -2.53. The van der Waals surface area contributed by atoms with Gasteiger partial charge in [-0.1, -0.05) is 6.07 Å². The number of rotatable bonds is 2. The van der Waals surface area contributed by atoms with Crippen LogP contribution in [0.2, 0.25) is 0 Å². The standard InChI is InChI=1S/C19H26F2N4O2.HI/c1-19(2,3)27-18(26)25-9-7-24(8-10-25)17(22)23-15-11-12(15)16-13(20)5-4-6-14(16)21;/h4-6,12,15H,7-11H2,1-3H3,(H2,22,23);1H. The van der Waals surface area contributed by atoms with Gasteiger partial charge in [0.15, 0.2) is 5.96 Å². The first-order chi connectivity index (χ1) is 12.7. The fraction of sp³-hybridized carbons (Fsp3) is 0.579. The summed E-state index contributed by atoms with van der Waals surface area (Å²) in [4.78, 5) is 20.1. The van der Waals surface area contributed by atoms with Gasteiger partial charge in [-0.05, 0) is 39.3 Å². The Morgan fingerprint density at radius 1 is 1.14 bits per heavy atom. The van der Waals surface area contributed by atoms with Crippen LogP contribution >= 0.6 is 24.0 Å². The van der Waals surface area contributed by atoms with Crippen molar-refractivity contribution < 1.29 is 18.3 Å². The average Bonchev–Trinajstić information content (AvgIpc) is 3.32. The Labute approximate surface area is 181 Å². The first-order valence-corrected chi connectivity index (χ1v) is 9.16. The summed E-state index contributed by atoms with van der Waals surface area (Å²) in [6.07, 6.45) is 0.242. The second-order valence-electron chi connectivity index (χ2n) is 7.99. The van der Waals surface area contributed by atoms with Crippen molar-refractivity contribution in [3.8, 4) is 0 Å². The average molecular weight is 508 g/mol. The van der Waals surface area contributed by atoms with Gasteiger partial charge in [-0.15, -0.1) is 24.0 Å². The van der Waals surface area contributed by atoms with E-state index in [1.54, 1.807) is 4.90 Å². The number of carbonyl (C=O) groups excluding carboxylic acids is 1. The summed E-state index contributed by atoms with van der Waals surface area (Å²) in [6.45, 7) is 7.55. The van der Waals surface area contributed by atoms with Crippen LogP contribution in [0.5, 0.6) is 0 Å². The number of hydrogen-bond donors (Lipinski definition) is 1. The fourth-order valence-corrected chi connectivity index (χ4v) is 3.20. The van der Waals surface area contributed by atoms with Gasteiger partial charge in [-0.25, -0.2) is 18.6 Å². The van der Waals surface area contributed by atoms with Crippen LogP contribution in [-0.2, 0) is 4.74 Å². The van der Waals surface area contributed by atoms with E-state index >= 15 is 0 Å². The molecule has 3 rings (SSSR count). The minimum Gasteiger partial charge on any atom is -0.444 e. The van der Waals surface area contributed by atoms with E-state index in [-0.39, 0.29) is 47.6 Å². The third-order valence-corrected chi connectivity index (χ3v) is 4.68. The van der Waals surface area contributed by atoms with Crippen LogP contribution in [-0.4, -0.2) is 59.7 Å². The van der Waals surface area contributed by atoms with Gasteiger partial charge in [0.05, 0.1) is 6.04 Å². The zero-order valence-electron chi connectivity index (χ0n) is 16.3. The second kappa shape index (κ2) is 8.79. The Morgan fingerprint density at radius 2 is 1.68 bits per heavy atom. The van der Waals surface area contributed by atoms with Crippen LogP contribution in [0.3, 0.4) is 0 Å². The number of nitrogens with zero attached hydrogens (tertiary/aromatic N) is 3. The van der Waals surface area contributed by atoms with Gasteiger partial charge in [0.25, 0.3) is 0 Å². The number of amides is 1. The van der Waals surface area contributed by atoms with E-state index in [1.165, 1.54) is 18.2 Å². The van der Waals surface area contributed by atoms with Crippen molar-refractivity contribution in [2.45, 2.75) is 44.8 Å². The highest BCUT2D eigenvalue weighted by atomic mass is 127. The molecular formula is C19H27F2IN4O2. The van der Waals surface area contributed by atoms with Crippen molar-refractivity contribution in [1.29, 1.82) is 0 Å². The predicted molar refractivity (Wildman–Crippen MR) is 114 cm³/mol. The number of aliphatic imine (C=N–C) groups is 1. The van der Waals surface area contributed by atoms with Crippen molar-refractivity contribution in [3.05, 3.63) is 35.4 Å². The number of nitrogens with two attached hydrogens (primary N) is 1. The Morgan fingerprint density at radius 3 is 2.21 bits per heavy atom. The third kappa shape index (κ3) is 5.45. The van der Waals surface area contributed by atoms with E-state index in [0.717, 1.165) is 0 Å². The highest BCUT2D eigenvalue weighted by molar-refractivity contribution is 14.0. The molecule has 0 radical (unpaired) electrons. The molecule has 1 amide bonds. The molecule has 28 heavy (non-hydrogen) atoms. The van der Waals surface area contributed by atoms with E-state index in [1.807, 2.05) is 25.7 Å². The van der Waals surface area contributed by atoms with Gasteiger partial charge in [-0.2, -0.15) is 0 Å². The summed E-state index contributed by atoms with van der Waals surface area (Å²) in [6, 6.07) is 3.67. The summed E-state index contributed by atoms with van der Waals surface area (Å²) in [5.74, 6) is -1.000. The third-order valence-electron chi connectivity index (χ3n) is 4.68. The first kappa shape index (κ1) is 22.6. The summed E-state index contributed by atoms with van der Waals surface area (Å²) in [5, 5.41) is 0. The van der Waals surface area contributed by atoms with E-state index in [0.29, 0.717) is 38.6 Å². The number of ether oxygens (including phenoxy) is 1. The molecule has 2 unspecified atom stereocenters. The molecule has 1 saturated heterocycles. The summed E-state index contributed by atoms with van der Waals surface area (Å²) < 4.78 is 33.1. The smallest absolute Gasteiger partial charge is 0.410 e. The lowest BCUT2D eigenvalue weighted by Gasteiger charge is -2.36. The molecule has 156 valence electrons. The number of halogens is 3. The van der Waals surface area contributed by atoms with Crippen molar-refractivity contribution in [3.63, 3.8) is 0 Å². The summed E-state index contributed by atoms with van der Waals surface area (Å²) in [7, 11) is 0. The lowest BCUT2D eigenvalue weighted by molar-refractivity contribution is 0.0186. The molecule has 2 N–H and O–H groups in total. The van der Waals surface area contributed by atoms with E-state index in [9.17, 15) is 13.6 Å². The molecule has 0 bridgehead atoms. The van der Waals surface area contributed by atoms with Crippen LogP contribution in [0.4, 0.5) is 13.6 Å². The predicted octanol–water partition coefficient (Wildman–Crippen LogP) is 3.31. The number of benzene rings is 1. The number of piperazine rings is 1. The SMILES string of the molecule is CC(C)(C)OC(=O)N1CCN(C(N)=NC2CC2c2c(F)cccc2F)CC1.I. The molecule has 1 heterocycles. The molecular weight excluding hydrogens is 481 g/mol. The Balaban J connectivity index is 0.00000280. The minimum atomic E-state index is -0.540. The van der Waals surface area contributed by atoms with Crippen molar-refractivity contribution >= 4 is 36.0 Å². The topological polar surface area (TPSA) is 71.2 Å². The van der Waals surface area contributed by atoms with E-state index in [4.69, 9.17) is 10.5 Å². The second-order valence-corrected chi connectivity index (χ2v) is 7.99. The summed E-state index contributed by atoms with van der Waals surface area (Å²) in [5.41, 5.74) is 5.64. The van der Waals surface area contributed by atoms with Gasteiger partial charge in [-0.3, -0.25) is 0 Å². The van der Waals surface area contributed by atoms with E-state index in [2.05, 4.69) is 4.99 Å². The maximum atomic E-state index is 13.9. The van der Waals surface area contributed by atoms with Gasteiger partial charge < -0.3 is 20.3 Å². The monoisotopic (exact) mass is 508 g/mol. The Hall–Kier alpha value is -1.65. The number of guanidine groups is 1. The lowest BCUT2D eigenvalue weighted by atomic mass is 10.1. The quantitative estimate of drug-likeness (QED) is 0.378. The molecule has 0 aromatic heterocycles. The molecule has 9 heteroatoms. The zero-order chi connectivity index (χ0) is 19.8. The highest BCUT2D eigenvalue weighted by Gasteiger charge is 2.42. The van der Waals surface area contributed by atoms with Crippen LogP contribution in [0, 0.1) is 11.6 Å². The normalized spacial score (nSPS) is 22.5. The maximum absolute atomic E-state index is 13.9. The molecule has 1 aromatic rings. The molecule has 1 aliphatic carbocycles. The fourth-order valence-electron chi connectivity index (χ4n) is 3.20. The molecule has 1 aromatic carbocycles. The molecule has 2 aliphatic rings. The van der Waals surface area contributed by atoms with E-state index < -0.39 is 17.2 Å². The molecule has 2 fully saturated rings. The molecule has 2 atom stereocenters. The molecule has 0 spiro atoms. The first-order valence-electron chi connectivity index (χ1n) is 9.16. The Kier molecular flexibility index (Phi) is 7.11. The summed E-state index contributed by atoms with van der Waals surface area (Å²) >= 11 is 0. The van der Waals surface area contributed by atoms with Crippen molar-refractivity contribution in [2.24, 2.45) is 10.7 Å². The zero-order valence-corrected chi connectivity index (χ0v) is 18.7. The van der Waals surface area contributed by atoms with Crippen molar-refractivity contribution in [1.82, 2.24) is 9.80 Å². The largest absolute Gasteiger partial charge is 0.444 e. The molecule has 1 aliphatic heterocycles. The van der Waals surface area contributed by atoms with Gasteiger partial charge >= 0.3 is 6.09 Å². The van der Waals surface area contributed by atoms with Crippen LogP contribution in [0.1, 0.15) is 38.7 Å². The molecule has 6 nitrogen and oxygen atoms in total. The maximum Gasteiger partial charge on any atom is 0.410 e. The van der Waals surface area contributed by atoms with Crippen LogP contribution < -0.4 is 5.73 Å². The Bertz CT molecular complexity index is 726. The minimum absolute atomic E-state index is 0. The van der Waals surface area contributed by atoms with Gasteiger partial charge in [0, 0.05) is 37.7 Å². The number of hydrogen-bond acceptors (Lipinski definition) is 3. The van der Waals surface area contributed by atoms with Crippen LogP contribution in [0.25, 0.3) is 0 Å². The van der Waals surface area contributed by atoms with Crippen molar-refractivity contribution in [2.75, 3.05) is 26.2 Å². The number of carbonyl (C=O) groups is 1. The van der Waals surface area contributed by atoms with Gasteiger partial charge in [0.2, 0.25) is 0 Å². The van der Waals surface area contributed by atoms with Crippen LogP contribution in [0.15, 0.2) is 23.2 Å². The highest BCUT2D eigenvalue weighted by Crippen LogP contribution is 2.45. The van der Waals surface area contributed by atoms with Gasteiger partial charge in [0.1, 0.15) is 17.2 Å². The molecule has 1 saturated carbocycles.